The summed E-state index contributed by atoms with van der Waals surface area (Å²) in [5, 5.41) is 0. The Bertz CT molecular complexity index is 508. The molecule has 0 saturated heterocycles. The van der Waals surface area contributed by atoms with Crippen molar-refractivity contribution in [3.05, 3.63) is 24.3 Å². The van der Waals surface area contributed by atoms with Crippen molar-refractivity contribution in [2.45, 2.75) is 13.8 Å². The minimum atomic E-state index is -4.47. The first-order valence-corrected chi connectivity index (χ1v) is 9.52. The quantitative estimate of drug-likeness (QED) is 0.0895. The Kier molecular flexibility index (Phi) is 17.7. The Morgan fingerprint density at radius 1 is 0.750 bits per heavy atom. The molecule has 0 radical (unpaired) electrons. The van der Waals surface area contributed by atoms with Crippen LogP contribution >= 0.6 is 7.82 Å². The molecule has 0 aromatic carbocycles. The van der Waals surface area contributed by atoms with Crippen molar-refractivity contribution >= 4 is 19.8 Å². The van der Waals surface area contributed by atoms with Gasteiger partial charge in [-0.1, -0.05) is 13.2 Å². The summed E-state index contributed by atoms with van der Waals surface area (Å²) in [6, 6.07) is 0. The van der Waals surface area contributed by atoms with Crippen LogP contribution in [-0.4, -0.2) is 64.8 Å². The van der Waals surface area contributed by atoms with E-state index in [2.05, 4.69) is 22.2 Å². The van der Waals surface area contributed by atoms with Crippen LogP contribution in [-0.2, 0) is 42.1 Å². The van der Waals surface area contributed by atoms with Crippen LogP contribution in [0.15, 0.2) is 24.3 Å². The Labute approximate surface area is 176 Å². The molecular formula is C16H26LiO10P. The Morgan fingerprint density at radius 2 is 1.07 bits per heavy atom. The third kappa shape index (κ3) is 17.2. The number of carbonyl (C=O) groups excluding carboxylic acids is 2. The van der Waals surface area contributed by atoms with Gasteiger partial charge in [-0.05, 0) is 13.8 Å². The van der Waals surface area contributed by atoms with Crippen molar-refractivity contribution in [3.63, 3.8) is 0 Å². The van der Waals surface area contributed by atoms with Gasteiger partial charge >= 0.3 is 30.8 Å². The molecule has 0 atom stereocenters. The van der Waals surface area contributed by atoms with E-state index in [4.69, 9.17) is 18.9 Å². The second kappa shape index (κ2) is 17.0. The van der Waals surface area contributed by atoms with E-state index in [0.717, 1.165) is 0 Å². The van der Waals surface area contributed by atoms with E-state index in [1.807, 2.05) is 0 Å². The molecule has 0 aliphatic rings. The van der Waals surface area contributed by atoms with Crippen molar-refractivity contribution in [1.29, 1.82) is 0 Å². The van der Waals surface area contributed by atoms with Crippen molar-refractivity contribution in [1.82, 2.24) is 0 Å². The summed E-state index contributed by atoms with van der Waals surface area (Å²) in [7, 11) is -4.47. The van der Waals surface area contributed by atoms with Gasteiger partial charge in [0.1, 0.15) is 13.2 Å². The minimum Gasteiger partial charge on any atom is -0.756 e. The Hall–Kier alpha value is -0.953. The maximum atomic E-state index is 11.5. The smallest absolute Gasteiger partial charge is 0.756 e. The summed E-state index contributed by atoms with van der Waals surface area (Å²) in [5.41, 5.74) is 0.555. The number of carbonyl (C=O) groups is 2. The molecule has 0 bridgehead atoms. The predicted octanol–water partition coefficient (Wildman–Crippen LogP) is -2.24. The molecule has 0 amide bonds. The molecule has 0 aliphatic carbocycles. The maximum absolute atomic E-state index is 11.5. The van der Waals surface area contributed by atoms with Gasteiger partial charge in [-0.15, -0.1) is 0 Å². The number of hydrogen-bond acceptors (Lipinski definition) is 10. The zero-order valence-electron chi connectivity index (χ0n) is 16.6. The van der Waals surface area contributed by atoms with Gasteiger partial charge in [0.2, 0.25) is 0 Å². The molecule has 0 aliphatic heterocycles. The zero-order valence-corrected chi connectivity index (χ0v) is 17.5. The molecule has 0 heterocycles. The molecule has 0 saturated carbocycles. The van der Waals surface area contributed by atoms with E-state index in [9.17, 15) is 19.0 Å². The molecule has 0 aromatic rings. The number of ether oxygens (including phenoxy) is 4. The first kappa shape index (κ1) is 29.3. The van der Waals surface area contributed by atoms with Gasteiger partial charge < -0.3 is 32.9 Å². The van der Waals surface area contributed by atoms with E-state index in [0.29, 0.717) is 0 Å². The molecule has 28 heavy (non-hydrogen) atoms. The average Bonchev–Trinajstić information content (AvgIpc) is 2.59. The van der Waals surface area contributed by atoms with Gasteiger partial charge in [0.15, 0.2) is 0 Å². The van der Waals surface area contributed by atoms with E-state index in [-0.39, 0.29) is 82.9 Å². The molecule has 10 nitrogen and oxygen atoms in total. The van der Waals surface area contributed by atoms with Crippen molar-refractivity contribution in [2.24, 2.45) is 0 Å². The Balaban J connectivity index is 0. The number of phosphoric ester groups is 1. The fraction of sp³-hybridized carbons (Fsp3) is 0.625. The third-order valence-corrected chi connectivity index (χ3v) is 3.57. The molecule has 0 rings (SSSR count). The van der Waals surface area contributed by atoms with E-state index in [1.54, 1.807) is 0 Å². The second-order valence-corrected chi connectivity index (χ2v) is 6.58. The molecule has 0 N–H and O–H groups in total. The summed E-state index contributed by atoms with van der Waals surface area (Å²) in [5.74, 6) is -1.05. The molecular weight excluding hydrogens is 390 g/mol. The molecule has 0 spiro atoms. The standard InChI is InChI=1S/C16H27O10P.Li/c1-13(2)15(17)23-9-5-21-7-11-25-27(19,20)26-12-8-22-6-10-24-16(18)14(3)4;/h1,3,5-12H2,2,4H3,(H,19,20);/q;+1/p-1. The fourth-order valence-corrected chi connectivity index (χ4v) is 1.96. The molecule has 0 unspecified atom stereocenters. The largest absolute Gasteiger partial charge is 1.00 e. The van der Waals surface area contributed by atoms with Crippen LogP contribution in [0, 0.1) is 0 Å². The summed E-state index contributed by atoms with van der Waals surface area (Å²) >= 11 is 0. The number of hydrogen-bond donors (Lipinski definition) is 0. The predicted molar refractivity (Wildman–Crippen MR) is 92.7 cm³/mol. The summed E-state index contributed by atoms with van der Waals surface area (Å²) in [6.45, 7) is 9.59. The Morgan fingerprint density at radius 3 is 1.39 bits per heavy atom. The summed E-state index contributed by atoms with van der Waals surface area (Å²) in [4.78, 5) is 33.6. The fourth-order valence-electron chi connectivity index (χ4n) is 1.29. The first-order chi connectivity index (χ1) is 12.7. The van der Waals surface area contributed by atoms with Crippen LogP contribution in [0.25, 0.3) is 0 Å². The SMILES string of the molecule is C=C(C)C(=O)OCCOCCOP(=O)([O-])OCCOCCOC(=O)C(=C)C.[Li+]. The average molecular weight is 416 g/mol. The molecule has 0 aromatic heterocycles. The van der Waals surface area contributed by atoms with Crippen LogP contribution in [0.3, 0.4) is 0 Å². The van der Waals surface area contributed by atoms with E-state index < -0.39 is 19.8 Å². The molecule has 0 fully saturated rings. The molecule has 12 heteroatoms. The van der Waals surface area contributed by atoms with Crippen molar-refractivity contribution < 1.29 is 65.9 Å². The van der Waals surface area contributed by atoms with E-state index in [1.165, 1.54) is 13.8 Å². The minimum absolute atomic E-state index is 0. The van der Waals surface area contributed by atoms with Gasteiger partial charge in [0.05, 0.1) is 39.6 Å². The van der Waals surface area contributed by atoms with Crippen LogP contribution in [0.5, 0.6) is 0 Å². The van der Waals surface area contributed by atoms with Crippen LogP contribution in [0.2, 0.25) is 0 Å². The monoisotopic (exact) mass is 416 g/mol. The van der Waals surface area contributed by atoms with E-state index >= 15 is 0 Å². The summed E-state index contributed by atoms with van der Waals surface area (Å²) in [6.07, 6.45) is 0. The maximum Gasteiger partial charge on any atom is 1.00 e. The topological polar surface area (TPSA) is 130 Å². The first-order valence-electron chi connectivity index (χ1n) is 8.06. The normalized spacial score (nSPS) is 10.7. The van der Waals surface area contributed by atoms with Gasteiger partial charge in [0, 0.05) is 11.1 Å². The van der Waals surface area contributed by atoms with Crippen LogP contribution in [0.1, 0.15) is 13.8 Å². The van der Waals surface area contributed by atoms with Crippen LogP contribution < -0.4 is 23.8 Å². The van der Waals surface area contributed by atoms with Gasteiger partial charge in [-0.25, -0.2) is 9.59 Å². The van der Waals surface area contributed by atoms with Gasteiger partial charge in [-0.3, -0.25) is 4.57 Å². The number of rotatable bonds is 16. The number of phosphoric acid groups is 1. The second-order valence-electron chi connectivity index (χ2n) is 5.17. The van der Waals surface area contributed by atoms with Crippen LogP contribution in [0.4, 0.5) is 0 Å². The van der Waals surface area contributed by atoms with Crippen molar-refractivity contribution in [2.75, 3.05) is 52.9 Å². The molecule has 156 valence electrons. The third-order valence-electron chi connectivity index (χ3n) is 2.57. The number of esters is 2. The summed E-state index contributed by atoms with van der Waals surface area (Å²) < 4.78 is 40.3. The van der Waals surface area contributed by atoms with Crippen molar-refractivity contribution in [3.8, 4) is 0 Å². The van der Waals surface area contributed by atoms with Gasteiger partial charge in [-0.2, -0.15) is 0 Å². The van der Waals surface area contributed by atoms with Gasteiger partial charge in [0.25, 0.3) is 7.82 Å². The zero-order chi connectivity index (χ0) is 20.7.